The summed E-state index contributed by atoms with van der Waals surface area (Å²) in [7, 11) is 0. The van der Waals surface area contributed by atoms with E-state index in [1.54, 1.807) is 53.4 Å². The Morgan fingerprint density at radius 3 is 2.17 bits per heavy atom. The van der Waals surface area contributed by atoms with Crippen LogP contribution in [-0.2, 0) is 6.54 Å². The quantitative estimate of drug-likeness (QED) is 0.682. The zero-order valence-corrected chi connectivity index (χ0v) is 16.1. The summed E-state index contributed by atoms with van der Waals surface area (Å²) in [6, 6.07) is 25.2. The minimum Gasteiger partial charge on any atom is -0.335 e. The van der Waals surface area contributed by atoms with Gasteiger partial charge in [0, 0.05) is 24.2 Å². The van der Waals surface area contributed by atoms with Crippen molar-refractivity contribution in [1.82, 2.24) is 4.90 Å². The average Bonchev–Trinajstić information content (AvgIpc) is 2.78. The third kappa shape index (κ3) is 4.88. The molecule has 3 aromatic rings. The molecule has 0 heterocycles. The van der Waals surface area contributed by atoms with E-state index in [1.165, 1.54) is 0 Å². The van der Waals surface area contributed by atoms with Crippen LogP contribution in [0.25, 0.3) is 0 Å². The van der Waals surface area contributed by atoms with Crippen molar-refractivity contribution in [3.63, 3.8) is 0 Å². The van der Waals surface area contributed by atoms with E-state index in [1.807, 2.05) is 37.3 Å². The van der Waals surface area contributed by atoms with Crippen molar-refractivity contribution in [3.05, 3.63) is 101 Å². The van der Waals surface area contributed by atoms with Gasteiger partial charge >= 0.3 is 0 Å². The molecule has 29 heavy (non-hydrogen) atoms. The first-order valence-corrected chi connectivity index (χ1v) is 9.36. The Labute approximate surface area is 170 Å². The van der Waals surface area contributed by atoms with Gasteiger partial charge in [0.05, 0.1) is 11.3 Å². The Kier molecular flexibility index (Phi) is 6.39. The molecule has 5 nitrogen and oxygen atoms in total. The SMILES string of the molecule is CCN(Cc1ccccc1)C(=O)c1ccc(C(=O)Nc2ccccc2C#N)cc1. The molecular weight excluding hydrogens is 362 g/mol. The molecule has 2 amide bonds. The lowest BCUT2D eigenvalue weighted by atomic mass is 10.1. The van der Waals surface area contributed by atoms with E-state index < -0.39 is 0 Å². The Hall–Kier alpha value is -3.91. The molecule has 0 aliphatic heterocycles. The predicted octanol–water partition coefficient (Wildman–Crippen LogP) is 4.47. The molecule has 0 saturated heterocycles. The number of hydrogen-bond donors (Lipinski definition) is 1. The number of rotatable bonds is 6. The second-order valence-corrected chi connectivity index (χ2v) is 6.49. The van der Waals surface area contributed by atoms with Gasteiger partial charge in [0.1, 0.15) is 6.07 Å². The van der Waals surface area contributed by atoms with Crippen LogP contribution in [0.3, 0.4) is 0 Å². The number of anilines is 1. The van der Waals surface area contributed by atoms with Crippen molar-refractivity contribution in [1.29, 1.82) is 5.26 Å². The zero-order chi connectivity index (χ0) is 20.6. The summed E-state index contributed by atoms with van der Waals surface area (Å²) in [5, 5.41) is 11.9. The lowest BCUT2D eigenvalue weighted by molar-refractivity contribution is 0.0752. The third-order valence-corrected chi connectivity index (χ3v) is 4.57. The number of nitrogens with zero attached hydrogens (tertiary/aromatic N) is 2. The van der Waals surface area contributed by atoms with Crippen molar-refractivity contribution in [2.75, 3.05) is 11.9 Å². The zero-order valence-electron chi connectivity index (χ0n) is 16.1. The van der Waals surface area contributed by atoms with E-state index >= 15 is 0 Å². The largest absolute Gasteiger partial charge is 0.335 e. The number of benzene rings is 3. The summed E-state index contributed by atoms with van der Waals surface area (Å²) in [6.07, 6.45) is 0. The van der Waals surface area contributed by atoms with Crippen LogP contribution >= 0.6 is 0 Å². The predicted molar refractivity (Wildman–Crippen MR) is 112 cm³/mol. The van der Waals surface area contributed by atoms with Crippen LogP contribution in [0.4, 0.5) is 5.69 Å². The Morgan fingerprint density at radius 2 is 1.52 bits per heavy atom. The smallest absolute Gasteiger partial charge is 0.255 e. The van der Waals surface area contributed by atoms with Gasteiger partial charge in [0.15, 0.2) is 0 Å². The summed E-state index contributed by atoms with van der Waals surface area (Å²) >= 11 is 0. The molecule has 0 radical (unpaired) electrons. The highest BCUT2D eigenvalue weighted by Gasteiger charge is 2.16. The number of carbonyl (C=O) groups is 2. The van der Waals surface area contributed by atoms with Crippen molar-refractivity contribution in [2.45, 2.75) is 13.5 Å². The van der Waals surface area contributed by atoms with Crippen LogP contribution in [-0.4, -0.2) is 23.3 Å². The summed E-state index contributed by atoms with van der Waals surface area (Å²) in [4.78, 5) is 27.1. The normalized spacial score (nSPS) is 10.1. The number of carbonyl (C=O) groups excluding carboxylic acids is 2. The molecule has 0 bridgehead atoms. The second kappa shape index (κ2) is 9.34. The van der Waals surface area contributed by atoms with Crippen molar-refractivity contribution in [3.8, 4) is 6.07 Å². The number of para-hydroxylation sites is 1. The fraction of sp³-hybridized carbons (Fsp3) is 0.125. The molecule has 0 atom stereocenters. The van der Waals surface area contributed by atoms with Crippen LogP contribution in [0.1, 0.15) is 38.8 Å². The first kappa shape index (κ1) is 19.8. The molecule has 1 N–H and O–H groups in total. The standard InChI is InChI=1S/C24H21N3O2/c1-2-27(17-18-8-4-3-5-9-18)24(29)20-14-12-19(13-15-20)23(28)26-22-11-7-6-10-21(22)16-25/h3-15H,2,17H2,1H3,(H,26,28). The van der Waals surface area contributed by atoms with Gasteiger partial charge in [0.25, 0.3) is 11.8 Å². The van der Waals surface area contributed by atoms with E-state index in [0.29, 0.717) is 35.5 Å². The van der Waals surface area contributed by atoms with Gasteiger partial charge in [-0.25, -0.2) is 0 Å². The van der Waals surface area contributed by atoms with Crippen LogP contribution in [0.5, 0.6) is 0 Å². The van der Waals surface area contributed by atoms with Crippen molar-refractivity contribution in [2.24, 2.45) is 0 Å². The lowest BCUT2D eigenvalue weighted by Crippen LogP contribution is -2.30. The maximum absolute atomic E-state index is 12.8. The highest BCUT2D eigenvalue weighted by atomic mass is 16.2. The molecule has 0 aromatic heterocycles. The first-order valence-electron chi connectivity index (χ1n) is 9.36. The van der Waals surface area contributed by atoms with E-state index in [-0.39, 0.29) is 11.8 Å². The highest BCUT2D eigenvalue weighted by molar-refractivity contribution is 6.05. The van der Waals surface area contributed by atoms with Gasteiger partial charge in [-0.2, -0.15) is 5.26 Å². The molecule has 0 unspecified atom stereocenters. The number of hydrogen-bond acceptors (Lipinski definition) is 3. The minimum atomic E-state index is -0.330. The molecule has 3 rings (SSSR count). The van der Waals surface area contributed by atoms with E-state index in [0.717, 1.165) is 5.56 Å². The molecule has 0 saturated carbocycles. The number of nitriles is 1. The Bertz CT molecular complexity index is 1040. The van der Waals surface area contributed by atoms with Gasteiger partial charge in [-0.3, -0.25) is 9.59 Å². The first-order chi connectivity index (χ1) is 14.1. The fourth-order valence-corrected chi connectivity index (χ4v) is 2.96. The molecule has 144 valence electrons. The molecule has 0 spiro atoms. The van der Waals surface area contributed by atoms with Crippen LogP contribution in [0.15, 0.2) is 78.9 Å². The molecule has 0 aliphatic rings. The summed E-state index contributed by atoms with van der Waals surface area (Å²) in [6.45, 7) is 3.06. The lowest BCUT2D eigenvalue weighted by Gasteiger charge is -2.21. The topological polar surface area (TPSA) is 73.2 Å². The third-order valence-electron chi connectivity index (χ3n) is 4.57. The van der Waals surface area contributed by atoms with Crippen LogP contribution in [0.2, 0.25) is 0 Å². The monoisotopic (exact) mass is 383 g/mol. The van der Waals surface area contributed by atoms with Crippen molar-refractivity contribution >= 4 is 17.5 Å². The van der Waals surface area contributed by atoms with E-state index in [2.05, 4.69) is 11.4 Å². The maximum Gasteiger partial charge on any atom is 0.255 e. The average molecular weight is 383 g/mol. The summed E-state index contributed by atoms with van der Waals surface area (Å²) in [5.41, 5.74) is 2.86. The molecule has 0 aliphatic carbocycles. The van der Waals surface area contributed by atoms with Gasteiger partial charge in [0.2, 0.25) is 0 Å². The fourth-order valence-electron chi connectivity index (χ4n) is 2.96. The maximum atomic E-state index is 12.8. The molecular formula is C24H21N3O2. The van der Waals surface area contributed by atoms with E-state index in [9.17, 15) is 9.59 Å². The van der Waals surface area contributed by atoms with Crippen LogP contribution in [0, 0.1) is 11.3 Å². The van der Waals surface area contributed by atoms with Crippen LogP contribution < -0.4 is 5.32 Å². The van der Waals surface area contributed by atoms with E-state index in [4.69, 9.17) is 5.26 Å². The highest BCUT2D eigenvalue weighted by Crippen LogP contribution is 2.16. The van der Waals surface area contributed by atoms with Gasteiger partial charge in [-0.15, -0.1) is 0 Å². The van der Waals surface area contributed by atoms with Gasteiger partial charge in [-0.1, -0.05) is 42.5 Å². The second-order valence-electron chi connectivity index (χ2n) is 6.49. The summed E-state index contributed by atoms with van der Waals surface area (Å²) < 4.78 is 0. The Balaban J connectivity index is 1.71. The molecule has 0 fully saturated rings. The van der Waals surface area contributed by atoms with Crippen molar-refractivity contribution < 1.29 is 9.59 Å². The number of amides is 2. The van der Waals surface area contributed by atoms with Gasteiger partial charge < -0.3 is 10.2 Å². The molecule has 3 aromatic carbocycles. The summed E-state index contributed by atoms with van der Waals surface area (Å²) in [5.74, 6) is -0.415. The minimum absolute atomic E-state index is 0.0851. The molecule has 5 heteroatoms. The Morgan fingerprint density at radius 1 is 0.897 bits per heavy atom. The van der Waals surface area contributed by atoms with Gasteiger partial charge in [-0.05, 0) is 48.9 Å². The number of nitrogens with one attached hydrogen (secondary N) is 1.